The molecule has 0 saturated carbocycles. The van der Waals surface area contributed by atoms with Crippen LogP contribution in [0, 0.1) is 20.8 Å². The minimum atomic E-state index is 0.520. The summed E-state index contributed by atoms with van der Waals surface area (Å²) in [5, 5.41) is 0. The van der Waals surface area contributed by atoms with Crippen molar-refractivity contribution < 1.29 is 0 Å². The van der Waals surface area contributed by atoms with Gasteiger partial charge in [0, 0.05) is 31.4 Å². The number of nitrogens with two attached hydrogens (primary N) is 1. The van der Waals surface area contributed by atoms with E-state index in [-0.39, 0.29) is 0 Å². The SMILES string of the molecule is Cc1cccc(CN(C)c2nc(C)cc(C)c2CN)c1. The number of benzene rings is 1. The van der Waals surface area contributed by atoms with Crippen molar-refractivity contribution in [3.05, 3.63) is 58.3 Å². The molecule has 0 saturated heterocycles. The molecule has 2 rings (SSSR count). The van der Waals surface area contributed by atoms with Crippen LogP contribution in [-0.2, 0) is 13.1 Å². The minimum absolute atomic E-state index is 0.520. The lowest BCUT2D eigenvalue weighted by atomic mass is 10.1. The molecule has 2 N–H and O–H groups in total. The number of hydrogen-bond acceptors (Lipinski definition) is 3. The van der Waals surface area contributed by atoms with Crippen molar-refractivity contribution in [2.45, 2.75) is 33.9 Å². The molecule has 3 heteroatoms. The Morgan fingerprint density at radius 3 is 2.55 bits per heavy atom. The van der Waals surface area contributed by atoms with E-state index < -0.39 is 0 Å². The molecule has 2 aromatic rings. The molecule has 1 aromatic carbocycles. The van der Waals surface area contributed by atoms with Gasteiger partial charge in [-0.2, -0.15) is 0 Å². The summed E-state index contributed by atoms with van der Waals surface area (Å²) in [6.45, 7) is 7.60. The van der Waals surface area contributed by atoms with Crippen LogP contribution in [0.2, 0.25) is 0 Å². The Hall–Kier alpha value is -1.87. The highest BCUT2D eigenvalue weighted by molar-refractivity contribution is 5.51. The third kappa shape index (κ3) is 3.17. The summed E-state index contributed by atoms with van der Waals surface area (Å²) in [6, 6.07) is 10.7. The van der Waals surface area contributed by atoms with Crippen molar-refractivity contribution in [3.63, 3.8) is 0 Å². The van der Waals surface area contributed by atoms with Gasteiger partial charge in [0.15, 0.2) is 0 Å². The number of anilines is 1. The first-order valence-corrected chi connectivity index (χ1v) is 6.95. The molecule has 0 aliphatic rings. The van der Waals surface area contributed by atoms with E-state index >= 15 is 0 Å². The summed E-state index contributed by atoms with van der Waals surface area (Å²) >= 11 is 0. The normalized spacial score (nSPS) is 10.7. The molecule has 0 spiro atoms. The molecule has 0 radical (unpaired) electrons. The maximum Gasteiger partial charge on any atom is 0.133 e. The van der Waals surface area contributed by atoms with Crippen molar-refractivity contribution in [3.8, 4) is 0 Å². The second kappa shape index (κ2) is 6.06. The summed E-state index contributed by atoms with van der Waals surface area (Å²) in [4.78, 5) is 6.85. The average molecular weight is 269 g/mol. The van der Waals surface area contributed by atoms with Crippen LogP contribution >= 0.6 is 0 Å². The summed E-state index contributed by atoms with van der Waals surface area (Å²) < 4.78 is 0. The predicted molar refractivity (Wildman–Crippen MR) is 84.9 cm³/mol. The quantitative estimate of drug-likeness (QED) is 0.927. The van der Waals surface area contributed by atoms with Crippen molar-refractivity contribution in [1.82, 2.24) is 4.98 Å². The zero-order valence-electron chi connectivity index (χ0n) is 12.8. The number of hydrogen-bond donors (Lipinski definition) is 1. The topological polar surface area (TPSA) is 42.2 Å². The summed E-state index contributed by atoms with van der Waals surface area (Å²) in [5.74, 6) is 0.992. The van der Waals surface area contributed by atoms with Crippen LogP contribution in [0.5, 0.6) is 0 Å². The van der Waals surface area contributed by atoms with Crippen LogP contribution in [-0.4, -0.2) is 12.0 Å². The average Bonchev–Trinajstić information content (AvgIpc) is 2.37. The smallest absolute Gasteiger partial charge is 0.133 e. The molecule has 0 atom stereocenters. The molecule has 0 fully saturated rings. The van der Waals surface area contributed by atoms with E-state index in [1.165, 1.54) is 16.7 Å². The molecule has 3 nitrogen and oxygen atoms in total. The fourth-order valence-corrected chi connectivity index (χ4v) is 2.57. The Balaban J connectivity index is 2.31. The van der Waals surface area contributed by atoms with Crippen LogP contribution < -0.4 is 10.6 Å². The van der Waals surface area contributed by atoms with Gasteiger partial charge < -0.3 is 10.6 Å². The maximum absolute atomic E-state index is 5.89. The Bertz CT molecular complexity index is 605. The highest BCUT2D eigenvalue weighted by Crippen LogP contribution is 2.22. The van der Waals surface area contributed by atoms with Gasteiger partial charge in [-0.15, -0.1) is 0 Å². The lowest BCUT2D eigenvalue weighted by Gasteiger charge is -2.23. The monoisotopic (exact) mass is 269 g/mol. The van der Waals surface area contributed by atoms with Gasteiger partial charge in [0.05, 0.1) is 0 Å². The fraction of sp³-hybridized carbons (Fsp3) is 0.353. The highest BCUT2D eigenvalue weighted by atomic mass is 15.2. The molecule has 0 aliphatic heterocycles. The van der Waals surface area contributed by atoms with E-state index in [0.717, 1.165) is 23.6 Å². The predicted octanol–water partition coefficient (Wildman–Crippen LogP) is 3.10. The first-order valence-electron chi connectivity index (χ1n) is 6.95. The van der Waals surface area contributed by atoms with Gasteiger partial charge in [-0.3, -0.25) is 0 Å². The molecule has 0 bridgehead atoms. The van der Waals surface area contributed by atoms with Crippen molar-refractivity contribution in [2.75, 3.05) is 11.9 Å². The largest absolute Gasteiger partial charge is 0.355 e. The number of rotatable bonds is 4. The van der Waals surface area contributed by atoms with Crippen LogP contribution in [0.15, 0.2) is 30.3 Å². The van der Waals surface area contributed by atoms with E-state index in [1.54, 1.807) is 0 Å². The van der Waals surface area contributed by atoms with E-state index in [1.807, 2.05) is 6.92 Å². The molecular weight excluding hydrogens is 246 g/mol. The van der Waals surface area contributed by atoms with Crippen LogP contribution in [0.25, 0.3) is 0 Å². The first kappa shape index (κ1) is 14.5. The van der Waals surface area contributed by atoms with Gasteiger partial charge in [0.1, 0.15) is 5.82 Å². The molecule has 1 aromatic heterocycles. The Kier molecular flexibility index (Phi) is 4.40. The first-order chi connectivity index (χ1) is 9.51. The van der Waals surface area contributed by atoms with E-state index in [4.69, 9.17) is 5.73 Å². The van der Waals surface area contributed by atoms with E-state index in [9.17, 15) is 0 Å². The summed E-state index contributed by atoms with van der Waals surface area (Å²) in [7, 11) is 2.07. The van der Waals surface area contributed by atoms with Crippen LogP contribution in [0.4, 0.5) is 5.82 Å². The van der Waals surface area contributed by atoms with Gasteiger partial charge in [0.25, 0.3) is 0 Å². The Morgan fingerprint density at radius 1 is 1.15 bits per heavy atom. The van der Waals surface area contributed by atoms with Crippen molar-refractivity contribution >= 4 is 5.82 Å². The van der Waals surface area contributed by atoms with Gasteiger partial charge in [0.2, 0.25) is 0 Å². The molecule has 0 aliphatic carbocycles. The molecular formula is C17H23N3. The maximum atomic E-state index is 5.89. The molecule has 0 amide bonds. The summed E-state index contributed by atoms with van der Waals surface area (Å²) in [6.07, 6.45) is 0. The lowest BCUT2D eigenvalue weighted by Crippen LogP contribution is -2.21. The fourth-order valence-electron chi connectivity index (χ4n) is 2.57. The lowest BCUT2D eigenvalue weighted by molar-refractivity contribution is 0.864. The highest BCUT2D eigenvalue weighted by Gasteiger charge is 2.12. The van der Waals surface area contributed by atoms with Gasteiger partial charge >= 0.3 is 0 Å². The van der Waals surface area contributed by atoms with Crippen molar-refractivity contribution in [1.29, 1.82) is 0 Å². The van der Waals surface area contributed by atoms with Crippen LogP contribution in [0.1, 0.15) is 27.9 Å². The van der Waals surface area contributed by atoms with Crippen molar-refractivity contribution in [2.24, 2.45) is 5.73 Å². The van der Waals surface area contributed by atoms with E-state index in [2.05, 4.69) is 61.1 Å². The molecule has 0 unspecified atom stereocenters. The standard InChI is InChI=1S/C17H23N3/c1-12-6-5-7-15(8-12)11-20(4)17-16(10-18)13(2)9-14(3)19-17/h5-9H,10-11,18H2,1-4H3. The van der Waals surface area contributed by atoms with Gasteiger partial charge in [-0.05, 0) is 38.0 Å². The minimum Gasteiger partial charge on any atom is -0.355 e. The number of pyridine rings is 1. The van der Waals surface area contributed by atoms with Gasteiger partial charge in [-0.1, -0.05) is 29.8 Å². The summed E-state index contributed by atoms with van der Waals surface area (Å²) in [5.41, 5.74) is 11.8. The zero-order valence-corrected chi connectivity index (χ0v) is 12.8. The third-order valence-electron chi connectivity index (χ3n) is 3.52. The molecule has 106 valence electrons. The van der Waals surface area contributed by atoms with Crippen LogP contribution in [0.3, 0.4) is 0 Å². The second-order valence-corrected chi connectivity index (χ2v) is 5.43. The molecule has 1 heterocycles. The molecule has 20 heavy (non-hydrogen) atoms. The van der Waals surface area contributed by atoms with E-state index in [0.29, 0.717) is 6.54 Å². The Labute approximate surface area is 121 Å². The van der Waals surface area contributed by atoms with Gasteiger partial charge in [-0.25, -0.2) is 4.98 Å². The Morgan fingerprint density at radius 2 is 1.90 bits per heavy atom. The number of nitrogens with zero attached hydrogens (tertiary/aromatic N) is 2. The number of aromatic nitrogens is 1. The zero-order chi connectivity index (χ0) is 14.7. The number of aryl methyl sites for hydroxylation is 3. The second-order valence-electron chi connectivity index (χ2n) is 5.43. The third-order valence-corrected chi connectivity index (χ3v) is 3.52.